The minimum atomic E-state index is -0.477. The first-order chi connectivity index (χ1) is 11.9. The third-order valence-corrected chi connectivity index (χ3v) is 4.26. The number of aromatic nitrogens is 3. The van der Waals surface area contributed by atoms with Crippen molar-refractivity contribution >= 4 is 23.4 Å². The van der Waals surface area contributed by atoms with E-state index in [4.69, 9.17) is 4.74 Å². The quantitative estimate of drug-likeness (QED) is 0.304. The molecule has 25 heavy (non-hydrogen) atoms. The van der Waals surface area contributed by atoms with Crippen molar-refractivity contribution < 1.29 is 14.5 Å². The smallest absolute Gasteiger partial charge is 0.310 e. The lowest BCUT2D eigenvalue weighted by Gasteiger charge is -2.13. The highest BCUT2D eigenvalue weighted by Gasteiger charge is 2.15. The second-order valence-corrected chi connectivity index (χ2v) is 6.39. The molecule has 0 aliphatic rings. The Hall–Kier alpha value is -2.62. The van der Waals surface area contributed by atoms with Gasteiger partial charge in [-0.25, -0.2) is 0 Å². The molecule has 1 aromatic carbocycles. The zero-order valence-corrected chi connectivity index (χ0v) is 15.0. The number of benzene rings is 1. The zero-order chi connectivity index (χ0) is 18.4. The third kappa shape index (κ3) is 4.92. The number of nitrogens with zero attached hydrogens (tertiary/aromatic N) is 5. The lowest BCUT2D eigenvalue weighted by Crippen LogP contribution is -2.27. The highest BCUT2D eigenvalue weighted by molar-refractivity contribution is 7.99. The van der Waals surface area contributed by atoms with Crippen LogP contribution in [-0.2, 0) is 11.3 Å². The first kappa shape index (κ1) is 18.7. The van der Waals surface area contributed by atoms with Crippen LogP contribution < -0.4 is 4.74 Å². The fraction of sp³-hybridized carbons (Fsp3) is 0.400. The number of thioether (sulfide) groups is 1. The average Bonchev–Trinajstić information content (AvgIpc) is 2.92. The highest BCUT2D eigenvalue weighted by Crippen LogP contribution is 2.26. The van der Waals surface area contributed by atoms with Crippen molar-refractivity contribution in [1.82, 2.24) is 19.7 Å². The Morgan fingerprint density at radius 1 is 1.36 bits per heavy atom. The minimum absolute atomic E-state index is 0.0547. The molecule has 0 bridgehead atoms. The van der Waals surface area contributed by atoms with Gasteiger partial charge in [-0.3, -0.25) is 19.5 Å². The van der Waals surface area contributed by atoms with Crippen molar-refractivity contribution in [3.8, 4) is 5.75 Å². The first-order valence-electron chi connectivity index (χ1n) is 7.49. The lowest BCUT2D eigenvalue weighted by molar-refractivity contribution is -0.385. The van der Waals surface area contributed by atoms with Crippen molar-refractivity contribution in [1.29, 1.82) is 0 Å². The molecule has 0 aliphatic heterocycles. The van der Waals surface area contributed by atoms with E-state index in [2.05, 4.69) is 10.2 Å². The molecule has 0 radical (unpaired) electrons. The first-order valence-corrected chi connectivity index (χ1v) is 8.47. The van der Waals surface area contributed by atoms with Gasteiger partial charge in [-0.05, 0) is 13.0 Å². The second-order valence-electron chi connectivity index (χ2n) is 5.33. The number of nitro groups is 1. The standard InChI is InChI=1S/C15H19N5O4S/c1-11-16-17-15(19(11)10-14(21)18(2)3)25-9-8-24-13-7-5-4-6-12(13)20(22)23/h4-7H,8-10H2,1-3H3. The fourth-order valence-corrected chi connectivity index (χ4v) is 2.74. The Labute approximate surface area is 149 Å². The normalized spacial score (nSPS) is 10.5. The van der Waals surface area contributed by atoms with E-state index in [0.717, 1.165) is 0 Å². The maximum Gasteiger partial charge on any atom is 0.310 e. The summed E-state index contributed by atoms with van der Waals surface area (Å²) in [5.41, 5.74) is -0.0666. The van der Waals surface area contributed by atoms with Gasteiger partial charge in [-0.2, -0.15) is 0 Å². The molecular weight excluding hydrogens is 346 g/mol. The number of likely N-dealkylation sites (N-methyl/N-ethyl adjacent to an activating group) is 1. The number of rotatable bonds is 8. The number of carbonyl (C=O) groups excluding carboxylic acids is 1. The van der Waals surface area contributed by atoms with Crippen LogP contribution in [0.15, 0.2) is 29.4 Å². The molecular formula is C15H19N5O4S. The van der Waals surface area contributed by atoms with Crippen LogP contribution in [0.3, 0.4) is 0 Å². The summed E-state index contributed by atoms with van der Waals surface area (Å²) in [4.78, 5) is 23.9. The van der Waals surface area contributed by atoms with Gasteiger partial charge >= 0.3 is 5.69 Å². The van der Waals surface area contributed by atoms with Crippen LogP contribution >= 0.6 is 11.8 Å². The van der Waals surface area contributed by atoms with Crippen LogP contribution in [0.2, 0.25) is 0 Å². The molecule has 0 saturated heterocycles. The SMILES string of the molecule is Cc1nnc(SCCOc2ccccc2[N+](=O)[O-])n1CC(=O)N(C)C. The molecule has 1 amide bonds. The van der Waals surface area contributed by atoms with Gasteiger partial charge in [-0.15, -0.1) is 10.2 Å². The van der Waals surface area contributed by atoms with E-state index in [1.54, 1.807) is 43.8 Å². The van der Waals surface area contributed by atoms with E-state index in [9.17, 15) is 14.9 Å². The molecule has 2 rings (SSSR count). The molecule has 9 nitrogen and oxygen atoms in total. The summed E-state index contributed by atoms with van der Waals surface area (Å²) in [7, 11) is 3.38. The largest absolute Gasteiger partial charge is 0.486 e. The molecule has 0 unspecified atom stereocenters. The topological polar surface area (TPSA) is 103 Å². The van der Waals surface area contributed by atoms with Gasteiger partial charge in [0, 0.05) is 25.9 Å². The van der Waals surface area contributed by atoms with Gasteiger partial charge in [0.2, 0.25) is 5.91 Å². The van der Waals surface area contributed by atoms with Crippen molar-refractivity contribution in [3.05, 3.63) is 40.2 Å². The summed E-state index contributed by atoms with van der Waals surface area (Å²) in [6, 6.07) is 6.23. The van der Waals surface area contributed by atoms with Crippen LogP contribution in [0, 0.1) is 17.0 Å². The molecule has 0 atom stereocenters. The van der Waals surface area contributed by atoms with Gasteiger partial charge in [0.25, 0.3) is 0 Å². The number of carbonyl (C=O) groups is 1. The van der Waals surface area contributed by atoms with Crippen LogP contribution in [0.25, 0.3) is 0 Å². The van der Waals surface area contributed by atoms with E-state index in [0.29, 0.717) is 16.7 Å². The predicted molar refractivity (Wildman–Crippen MR) is 92.8 cm³/mol. The molecule has 0 N–H and O–H groups in total. The van der Waals surface area contributed by atoms with Gasteiger partial charge < -0.3 is 9.64 Å². The molecule has 10 heteroatoms. The Bertz CT molecular complexity index is 762. The second kappa shape index (κ2) is 8.47. The van der Waals surface area contributed by atoms with Crippen molar-refractivity contribution in [2.75, 3.05) is 26.5 Å². The maximum atomic E-state index is 11.9. The van der Waals surface area contributed by atoms with E-state index < -0.39 is 4.92 Å². The van der Waals surface area contributed by atoms with E-state index >= 15 is 0 Å². The number of hydrogen-bond acceptors (Lipinski definition) is 7. The Morgan fingerprint density at radius 2 is 2.08 bits per heavy atom. The monoisotopic (exact) mass is 365 g/mol. The van der Waals surface area contributed by atoms with E-state index in [-0.39, 0.29) is 30.5 Å². The average molecular weight is 365 g/mol. The van der Waals surface area contributed by atoms with Crippen LogP contribution in [-0.4, -0.2) is 56.9 Å². The highest BCUT2D eigenvalue weighted by atomic mass is 32.2. The third-order valence-electron chi connectivity index (χ3n) is 3.33. The molecule has 0 spiro atoms. The molecule has 0 fully saturated rings. The molecule has 1 aromatic heterocycles. The Balaban J connectivity index is 1.93. The summed E-state index contributed by atoms with van der Waals surface area (Å²) in [6.45, 7) is 2.21. The van der Waals surface area contributed by atoms with Crippen molar-refractivity contribution in [2.45, 2.75) is 18.6 Å². The van der Waals surface area contributed by atoms with Crippen molar-refractivity contribution in [3.63, 3.8) is 0 Å². The summed E-state index contributed by atoms with van der Waals surface area (Å²) in [5.74, 6) is 1.34. The summed E-state index contributed by atoms with van der Waals surface area (Å²) in [6.07, 6.45) is 0. The Morgan fingerprint density at radius 3 is 2.76 bits per heavy atom. The number of amides is 1. The molecule has 1 heterocycles. The fourth-order valence-electron chi connectivity index (χ4n) is 1.94. The summed E-state index contributed by atoms with van der Waals surface area (Å²) in [5, 5.41) is 19.6. The molecule has 0 saturated carbocycles. The van der Waals surface area contributed by atoms with Gasteiger partial charge in [-0.1, -0.05) is 23.9 Å². The number of hydrogen-bond donors (Lipinski definition) is 0. The molecule has 2 aromatic rings. The summed E-state index contributed by atoms with van der Waals surface area (Å²) < 4.78 is 7.23. The number of ether oxygens (including phenoxy) is 1. The Kier molecular flexibility index (Phi) is 6.34. The van der Waals surface area contributed by atoms with Crippen LogP contribution in [0.5, 0.6) is 5.75 Å². The molecule has 134 valence electrons. The maximum absolute atomic E-state index is 11.9. The molecule has 0 aliphatic carbocycles. The van der Waals surface area contributed by atoms with Crippen molar-refractivity contribution in [2.24, 2.45) is 0 Å². The van der Waals surface area contributed by atoms with Gasteiger partial charge in [0.15, 0.2) is 10.9 Å². The van der Waals surface area contributed by atoms with E-state index in [1.807, 2.05) is 0 Å². The lowest BCUT2D eigenvalue weighted by atomic mass is 10.3. The predicted octanol–water partition coefficient (Wildman–Crippen LogP) is 1.75. The van der Waals surface area contributed by atoms with Gasteiger partial charge in [0.05, 0.1) is 11.5 Å². The summed E-state index contributed by atoms with van der Waals surface area (Å²) >= 11 is 1.38. The van der Waals surface area contributed by atoms with E-state index in [1.165, 1.54) is 22.7 Å². The number of nitro benzene ring substituents is 1. The minimum Gasteiger partial charge on any atom is -0.486 e. The van der Waals surface area contributed by atoms with Crippen LogP contribution in [0.4, 0.5) is 5.69 Å². The number of para-hydroxylation sites is 2. The van der Waals surface area contributed by atoms with Gasteiger partial charge in [0.1, 0.15) is 12.4 Å². The van der Waals surface area contributed by atoms with Crippen LogP contribution in [0.1, 0.15) is 5.82 Å². The zero-order valence-electron chi connectivity index (χ0n) is 14.2. The number of aryl methyl sites for hydroxylation is 1.